The monoisotopic (exact) mass is 247 g/mol. The highest BCUT2D eigenvalue weighted by Crippen LogP contribution is 2.40. The Morgan fingerprint density at radius 3 is 2.12 bits per heavy atom. The summed E-state index contributed by atoms with van der Waals surface area (Å²) in [6.07, 6.45) is 3.43. The fourth-order valence-electron chi connectivity index (χ4n) is 1.49. The molecule has 0 aliphatic rings. The van der Waals surface area contributed by atoms with Crippen molar-refractivity contribution in [1.82, 2.24) is 0 Å². The highest BCUT2D eigenvalue weighted by atomic mass is 28.4. The van der Waals surface area contributed by atoms with Crippen LogP contribution in [0, 0.1) is 0 Å². The van der Waals surface area contributed by atoms with Gasteiger partial charge in [-0.1, -0.05) is 26.7 Å². The average Bonchev–Trinajstić information content (AvgIpc) is 2.09. The molecule has 0 heterocycles. The van der Waals surface area contributed by atoms with E-state index in [1.807, 2.05) is 20.0 Å². The van der Waals surface area contributed by atoms with Gasteiger partial charge in [0, 0.05) is 6.04 Å². The minimum Gasteiger partial charge on any atom is -0.432 e. The van der Waals surface area contributed by atoms with Gasteiger partial charge in [0.05, 0.1) is 6.10 Å². The molecule has 0 saturated heterocycles. The molecule has 3 nitrogen and oxygen atoms in total. The molecule has 0 aromatic rings. The van der Waals surface area contributed by atoms with Crippen molar-refractivity contribution in [3.05, 3.63) is 0 Å². The maximum atomic E-state index is 10.1. The van der Waals surface area contributed by atoms with Crippen LogP contribution in [0.1, 0.15) is 46.5 Å². The predicted molar refractivity (Wildman–Crippen MR) is 71.9 cm³/mol. The third kappa shape index (κ3) is 5.43. The molecule has 0 aliphatic heterocycles. The van der Waals surface area contributed by atoms with Crippen LogP contribution < -0.4 is 5.73 Å². The minimum absolute atomic E-state index is 0.0479. The van der Waals surface area contributed by atoms with Gasteiger partial charge in [0.2, 0.25) is 0 Å². The van der Waals surface area contributed by atoms with Gasteiger partial charge in [0.1, 0.15) is 0 Å². The molecule has 16 heavy (non-hydrogen) atoms. The molecule has 0 spiro atoms. The number of aliphatic hydroxyl groups excluding tert-OH is 1. The van der Waals surface area contributed by atoms with E-state index in [1.165, 1.54) is 0 Å². The van der Waals surface area contributed by atoms with E-state index >= 15 is 0 Å². The summed E-state index contributed by atoms with van der Waals surface area (Å²) in [6, 6.07) is -0.142. The summed E-state index contributed by atoms with van der Waals surface area (Å²) < 4.78 is 0. The van der Waals surface area contributed by atoms with E-state index in [-0.39, 0.29) is 17.2 Å². The Bertz CT molecular complexity index is 200. The summed E-state index contributed by atoms with van der Waals surface area (Å²) in [5.74, 6) is 0. The summed E-state index contributed by atoms with van der Waals surface area (Å²) in [5, 5.41) is 9.60. The Labute approximate surface area is 101 Å². The zero-order chi connectivity index (χ0) is 13.0. The smallest absolute Gasteiger partial charge is 0.188 e. The van der Waals surface area contributed by atoms with Gasteiger partial charge in [-0.2, -0.15) is 0 Å². The summed E-state index contributed by atoms with van der Waals surface area (Å²) >= 11 is 0. The first-order chi connectivity index (χ1) is 7.08. The molecule has 0 amide bonds. The van der Waals surface area contributed by atoms with Crippen molar-refractivity contribution < 1.29 is 9.90 Å². The van der Waals surface area contributed by atoms with E-state index in [0.29, 0.717) is 0 Å². The maximum absolute atomic E-state index is 10.1. The van der Waals surface area contributed by atoms with Crippen LogP contribution in [0.3, 0.4) is 0 Å². The molecule has 0 fully saturated rings. The first kappa shape index (κ1) is 16.1. The van der Waals surface area contributed by atoms with Gasteiger partial charge in [-0.25, -0.2) is 0 Å². The van der Waals surface area contributed by atoms with Gasteiger partial charge in [0.25, 0.3) is 0 Å². The Morgan fingerprint density at radius 1 is 1.25 bits per heavy atom. The Balaban J connectivity index is 3.83. The van der Waals surface area contributed by atoms with Crippen LogP contribution in [0.15, 0.2) is 0 Å². The zero-order valence-electron chi connectivity index (χ0n) is 11.5. The zero-order valence-corrected chi connectivity index (χ0v) is 12.5. The number of rotatable bonds is 7. The van der Waals surface area contributed by atoms with Crippen molar-refractivity contribution in [2.24, 2.45) is 5.73 Å². The molecular weight excluding hydrogens is 218 g/mol. The van der Waals surface area contributed by atoms with Gasteiger partial charge in [-0.3, -0.25) is 0 Å². The Kier molecular flexibility index (Phi) is 6.18. The number of hydrogen-bond donors (Lipinski definition) is 3. The van der Waals surface area contributed by atoms with Gasteiger partial charge in [0.15, 0.2) is 8.32 Å². The van der Waals surface area contributed by atoms with Gasteiger partial charge in [-0.15, -0.1) is 0 Å². The number of unbranched alkanes of at least 4 members (excludes halogenated alkanes) is 1. The Morgan fingerprint density at radius 2 is 1.75 bits per heavy atom. The molecule has 0 saturated carbocycles. The molecule has 98 valence electrons. The van der Waals surface area contributed by atoms with Crippen LogP contribution in [0.25, 0.3) is 0 Å². The van der Waals surface area contributed by atoms with E-state index in [2.05, 4.69) is 13.8 Å². The fraction of sp³-hybridized carbons (Fsp3) is 1.00. The lowest BCUT2D eigenvalue weighted by Gasteiger charge is -2.35. The molecule has 0 aliphatic carbocycles. The van der Waals surface area contributed by atoms with Gasteiger partial charge >= 0.3 is 0 Å². The van der Waals surface area contributed by atoms with Gasteiger partial charge < -0.3 is 15.6 Å². The molecule has 0 bridgehead atoms. The van der Waals surface area contributed by atoms with Crippen LogP contribution >= 0.6 is 0 Å². The quantitative estimate of drug-likeness (QED) is 0.477. The van der Waals surface area contributed by atoms with Gasteiger partial charge in [-0.05, 0) is 37.9 Å². The molecule has 2 atom stereocenters. The van der Waals surface area contributed by atoms with Crippen LogP contribution in [0.2, 0.25) is 18.1 Å². The summed E-state index contributed by atoms with van der Waals surface area (Å²) in [5.41, 5.74) is 5.59. The van der Waals surface area contributed by atoms with E-state index in [1.54, 1.807) is 0 Å². The third-order valence-corrected chi connectivity index (χ3v) is 7.38. The molecule has 1 unspecified atom stereocenters. The first-order valence-corrected chi connectivity index (χ1v) is 9.18. The summed E-state index contributed by atoms with van der Waals surface area (Å²) in [7, 11) is -2.07. The number of nitrogens with two attached hydrogens (primary N) is 1. The van der Waals surface area contributed by atoms with E-state index in [9.17, 15) is 9.90 Å². The van der Waals surface area contributed by atoms with Crippen molar-refractivity contribution in [1.29, 1.82) is 0 Å². The highest BCUT2D eigenvalue weighted by molar-refractivity contribution is 6.72. The molecule has 0 rings (SSSR count). The second-order valence-electron chi connectivity index (χ2n) is 6.12. The lowest BCUT2D eigenvalue weighted by atomic mass is 10.0. The average molecular weight is 247 g/mol. The van der Waals surface area contributed by atoms with Crippen LogP contribution in [-0.2, 0) is 0 Å². The minimum atomic E-state index is -2.07. The molecule has 0 aromatic heterocycles. The number of hydrogen-bond acceptors (Lipinski definition) is 3. The van der Waals surface area contributed by atoms with E-state index < -0.39 is 8.32 Å². The highest BCUT2D eigenvalue weighted by Gasteiger charge is 2.37. The first-order valence-electron chi connectivity index (χ1n) is 6.24. The molecule has 0 radical (unpaired) electrons. The van der Waals surface area contributed by atoms with Crippen molar-refractivity contribution in [2.75, 3.05) is 0 Å². The topological polar surface area (TPSA) is 66.5 Å². The summed E-state index contributed by atoms with van der Waals surface area (Å²) in [6.45, 7) is 10.1. The molecule has 0 aromatic carbocycles. The van der Waals surface area contributed by atoms with E-state index in [0.717, 1.165) is 25.7 Å². The molecule has 4 N–H and O–H groups in total. The van der Waals surface area contributed by atoms with Crippen LogP contribution in [-0.4, -0.2) is 30.4 Å². The lowest BCUT2D eigenvalue weighted by Crippen LogP contribution is -2.39. The van der Waals surface area contributed by atoms with E-state index in [4.69, 9.17) is 5.73 Å². The van der Waals surface area contributed by atoms with Crippen molar-refractivity contribution >= 4 is 8.32 Å². The molecular formula is C12H29NO2Si. The van der Waals surface area contributed by atoms with Crippen molar-refractivity contribution in [2.45, 2.75) is 76.7 Å². The van der Waals surface area contributed by atoms with Crippen molar-refractivity contribution in [3.63, 3.8) is 0 Å². The van der Waals surface area contributed by atoms with Crippen LogP contribution in [0.5, 0.6) is 0 Å². The van der Waals surface area contributed by atoms with Crippen LogP contribution in [0.4, 0.5) is 0 Å². The molecule has 4 heteroatoms. The third-order valence-electron chi connectivity index (χ3n) is 3.81. The number of aliphatic hydroxyl groups is 1. The lowest BCUT2D eigenvalue weighted by molar-refractivity contribution is 0.137. The second-order valence-corrected chi connectivity index (χ2v) is 10.6. The van der Waals surface area contributed by atoms with Crippen molar-refractivity contribution in [3.8, 4) is 0 Å². The fourth-order valence-corrected chi connectivity index (χ4v) is 2.28. The SMILES string of the molecule is C[C@H](N)C(O)CCCCC(C)(C)[Si](C)(C)O. The largest absolute Gasteiger partial charge is 0.432 e. The standard InChI is InChI=1S/C12H29NO2Si/c1-10(13)11(14)8-6-7-9-12(2,3)16(4,5)15/h10-11,14-15H,6-9,13H2,1-5H3/t10-,11?/m0/s1. The Hall–Kier alpha value is 0.0969. The summed E-state index contributed by atoms with van der Waals surface area (Å²) in [4.78, 5) is 10.1. The predicted octanol–water partition coefficient (Wildman–Crippen LogP) is 2.23. The second kappa shape index (κ2) is 6.14. The normalized spacial score (nSPS) is 17.2. The maximum Gasteiger partial charge on any atom is 0.188 e.